The third-order valence-corrected chi connectivity index (χ3v) is 5.48. The quantitative estimate of drug-likeness (QED) is 0.737. The summed E-state index contributed by atoms with van der Waals surface area (Å²) in [6.45, 7) is 9.37. The summed E-state index contributed by atoms with van der Waals surface area (Å²) < 4.78 is 0. The van der Waals surface area contributed by atoms with E-state index in [4.69, 9.17) is 0 Å². The van der Waals surface area contributed by atoms with Gasteiger partial charge < -0.3 is 15.5 Å². The molecule has 160 valence electrons. The van der Waals surface area contributed by atoms with Crippen molar-refractivity contribution in [3.63, 3.8) is 0 Å². The van der Waals surface area contributed by atoms with Crippen molar-refractivity contribution < 1.29 is 9.59 Å². The molecule has 0 aromatic heterocycles. The Hall–Kier alpha value is -2.70. The highest BCUT2D eigenvalue weighted by molar-refractivity contribution is 5.97. The molecule has 0 saturated carbocycles. The van der Waals surface area contributed by atoms with Crippen molar-refractivity contribution in [2.75, 3.05) is 33.2 Å². The normalized spacial score (nSPS) is 16.1. The zero-order valence-corrected chi connectivity index (χ0v) is 18.1. The molecule has 1 heterocycles. The first-order chi connectivity index (χ1) is 14.4. The van der Waals surface area contributed by atoms with E-state index in [9.17, 15) is 9.59 Å². The summed E-state index contributed by atoms with van der Waals surface area (Å²) in [4.78, 5) is 29.6. The molecule has 0 spiro atoms. The van der Waals surface area contributed by atoms with E-state index in [0.29, 0.717) is 12.1 Å². The smallest absolute Gasteiger partial charge is 0.251 e. The van der Waals surface area contributed by atoms with E-state index in [-0.39, 0.29) is 11.8 Å². The van der Waals surface area contributed by atoms with Crippen LogP contribution in [-0.2, 0) is 17.9 Å². The molecule has 6 heteroatoms. The molecule has 3 rings (SSSR count). The van der Waals surface area contributed by atoms with Crippen LogP contribution in [0.1, 0.15) is 34.0 Å². The molecule has 0 aliphatic carbocycles. The van der Waals surface area contributed by atoms with E-state index in [2.05, 4.69) is 39.6 Å². The van der Waals surface area contributed by atoms with E-state index in [1.807, 2.05) is 37.3 Å². The first-order valence-corrected chi connectivity index (χ1v) is 10.5. The van der Waals surface area contributed by atoms with Crippen LogP contribution in [0, 0.1) is 6.92 Å². The van der Waals surface area contributed by atoms with Crippen LogP contribution in [0.15, 0.2) is 48.5 Å². The summed E-state index contributed by atoms with van der Waals surface area (Å²) in [6.07, 6.45) is 0. The number of hydrogen-bond donors (Lipinski definition) is 2. The van der Waals surface area contributed by atoms with Crippen LogP contribution in [0.3, 0.4) is 0 Å². The van der Waals surface area contributed by atoms with Gasteiger partial charge in [-0.2, -0.15) is 0 Å². The Morgan fingerprint density at radius 3 is 2.43 bits per heavy atom. The lowest BCUT2D eigenvalue weighted by Crippen LogP contribution is -2.44. The van der Waals surface area contributed by atoms with Crippen LogP contribution < -0.4 is 10.6 Å². The molecule has 1 aliphatic rings. The SMILES string of the molecule is Cc1cccc(C(=O)NC(C)C(=O)NCc2cccc(CN3CCN(C)CC3)c2)c1. The van der Waals surface area contributed by atoms with Gasteiger partial charge in [-0.15, -0.1) is 0 Å². The van der Waals surface area contributed by atoms with E-state index < -0.39 is 6.04 Å². The summed E-state index contributed by atoms with van der Waals surface area (Å²) in [7, 11) is 2.16. The number of carbonyl (C=O) groups excluding carboxylic acids is 2. The molecular weight excluding hydrogens is 376 g/mol. The van der Waals surface area contributed by atoms with Gasteiger partial charge in [0.25, 0.3) is 5.91 Å². The molecule has 1 aliphatic heterocycles. The number of aryl methyl sites for hydroxylation is 1. The van der Waals surface area contributed by atoms with Crippen LogP contribution in [0.4, 0.5) is 0 Å². The molecule has 2 aromatic carbocycles. The minimum absolute atomic E-state index is 0.194. The van der Waals surface area contributed by atoms with E-state index >= 15 is 0 Å². The summed E-state index contributed by atoms with van der Waals surface area (Å²) in [5.41, 5.74) is 3.89. The first kappa shape index (κ1) is 22.0. The topological polar surface area (TPSA) is 64.7 Å². The van der Waals surface area contributed by atoms with Gasteiger partial charge in [-0.25, -0.2) is 0 Å². The maximum atomic E-state index is 12.4. The zero-order chi connectivity index (χ0) is 21.5. The molecule has 1 atom stereocenters. The monoisotopic (exact) mass is 408 g/mol. The molecule has 0 bridgehead atoms. The Morgan fingerprint density at radius 2 is 1.70 bits per heavy atom. The number of amides is 2. The highest BCUT2D eigenvalue weighted by Gasteiger charge is 2.17. The van der Waals surface area contributed by atoms with Crippen molar-refractivity contribution >= 4 is 11.8 Å². The van der Waals surface area contributed by atoms with Crippen molar-refractivity contribution in [1.82, 2.24) is 20.4 Å². The average molecular weight is 409 g/mol. The highest BCUT2D eigenvalue weighted by Crippen LogP contribution is 2.11. The summed E-state index contributed by atoms with van der Waals surface area (Å²) in [6, 6.07) is 15.1. The van der Waals surface area contributed by atoms with Gasteiger partial charge in [0.2, 0.25) is 5.91 Å². The summed E-state index contributed by atoms with van der Waals surface area (Å²) >= 11 is 0. The number of rotatable bonds is 7. The maximum absolute atomic E-state index is 12.4. The van der Waals surface area contributed by atoms with Gasteiger partial charge in [-0.3, -0.25) is 14.5 Å². The van der Waals surface area contributed by atoms with Crippen molar-refractivity contribution in [1.29, 1.82) is 0 Å². The lowest BCUT2D eigenvalue weighted by Gasteiger charge is -2.32. The Morgan fingerprint density at radius 1 is 1.00 bits per heavy atom. The van der Waals surface area contributed by atoms with Gasteiger partial charge in [-0.1, -0.05) is 42.0 Å². The second-order valence-corrected chi connectivity index (χ2v) is 8.18. The fourth-order valence-electron chi connectivity index (χ4n) is 3.58. The third-order valence-electron chi connectivity index (χ3n) is 5.48. The molecule has 1 unspecified atom stereocenters. The van der Waals surface area contributed by atoms with Gasteiger partial charge in [0.1, 0.15) is 6.04 Å². The second kappa shape index (κ2) is 10.4. The van der Waals surface area contributed by atoms with Crippen molar-refractivity contribution in [3.8, 4) is 0 Å². The van der Waals surface area contributed by atoms with Gasteiger partial charge in [0.15, 0.2) is 0 Å². The Labute approximate surface area is 179 Å². The summed E-state index contributed by atoms with van der Waals surface area (Å²) in [5, 5.41) is 5.70. The zero-order valence-electron chi connectivity index (χ0n) is 18.1. The Balaban J connectivity index is 1.48. The van der Waals surface area contributed by atoms with E-state index in [1.165, 1.54) is 5.56 Å². The standard InChI is InChI=1S/C24H32N4O2/c1-18-6-4-9-22(14-18)24(30)26-19(2)23(29)25-16-20-7-5-8-21(15-20)17-28-12-10-27(3)11-13-28/h4-9,14-15,19H,10-13,16-17H2,1-3H3,(H,25,29)(H,26,30). The van der Waals surface area contributed by atoms with E-state index in [0.717, 1.165) is 43.9 Å². The predicted octanol–water partition coefficient (Wildman–Crippen LogP) is 2.18. The first-order valence-electron chi connectivity index (χ1n) is 10.5. The molecular formula is C24H32N4O2. The number of hydrogen-bond acceptors (Lipinski definition) is 4. The van der Waals surface area contributed by atoms with E-state index in [1.54, 1.807) is 13.0 Å². The van der Waals surface area contributed by atoms with Crippen LogP contribution in [0.2, 0.25) is 0 Å². The number of likely N-dealkylation sites (N-methyl/N-ethyl adjacent to an activating group) is 1. The Bertz CT molecular complexity index is 875. The number of benzene rings is 2. The van der Waals surface area contributed by atoms with Crippen LogP contribution >= 0.6 is 0 Å². The number of nitrogens with zero attached hydrogens (tertiary/aromatic N) is 2. The molecule has 1 fully saturated rings. The largest absolute Gasteiger partial charge is 0.350 e. The maximum Gasteiger partial charge on any atom is 0.251 e. The van der Waals surface area contributed by atoms with Crippen molar-refractivity contribution in [2.24, 2.45) is 0 Å². The van der Waals surface area contributed by atoms with Crippen molar-refractivity contribution in [3.05, 3.63) is 70.8 Å². The summed E-state index contributed by atoms with van der Waals surface area (Å²) in [5.74, 6) is -0.434. The third kappa shape index (κ3) is 6.40. The van der Waals surface area contributed by atoms with Crippen LogP contribution in [0.5, 0.6) is 0 Å². The Kier molecular flexibility index (Phi) is 7.60. The van der Waals surface area contributed by atoms with Crippen LogP contribution in [0.25, 0.3) is 0 Å². The molecule has 6 nitrogen and oxygen atoms in total. The number of piperazine rings is 1. The molecule has 30 heavy (non-hydrogen) atoms. The molecule has 2 amide bonds. The molecule has 1 saturated heterocycles. The van der Waals surface area contributed by atoms with Crippen molar-refractivity contribution in [2.45, 2.75) is 33.0 Å². The van der Waals surface area contributed by atoms with Gasteiger partial charge in [0.05, 0.1) is 0 Å². The minimum Gasteiger partial charge on any atom is -0.350 e. The fourth-order valence-corrected chi connectivity index (χ4v) is 3.58. The van der Waals surface area contributed by atoms with Gasteiger partial charge >= 0.3 is 0 Å². The minimum atomic E-state index is -0.605. The second-order valence-electron chi connectivity index (χ2n) is 8.18. The van der Waals surface area contributed by atoms with Crippen LogP contribution in [-0.4, -0.2) is 60.9 Å². The lowest BCUT2D eigenvalue weighted by molar-refractivity contribution is -0.122. The molecule has 2 aromatic rings. The predicted molar refractivity (Wildman–Crippen MR) is 119 cm³/mol. The highest BCUT2D eigenvalue weighted by atomic mass is 16.2. The molecule has 2 N–H and O–H groups in total. The van der Waals surface area contributed by atoms with Gasteiger partial charge in [0, 0.05) is 44.8 Å². The molecule has 0 radical (unpaired) electrons. The lowest BCUT2D eigenvalue weighted by atomic mass is 10.1. The fraction of sp³-hybridized carbons (Fsp3) is 0.417. The number of carbonyl (C=O) groups is 2. The van der Waals surface area contributed by atoms with Gasteiger partial charge in [-0.05, 0) is 44.2 Å². The average Bonchev–Trinajstić information content (AvgIpc) is 2.74. The number of nitrogens with one attached hydrogen (secondary N) is 2.